The van der Waals surface area contributed by atoms with Crippen LogP contribution < -0.4 is 5.73 Å². The summed E-state index contributed by atoms with van der Waals surface area (Å²) in [4.78, 5) is 14.3. The monoisotopic (exact) mass is 274 g/mol. The molecule has 0 aromatic heterocycles. The number of aryl methyl sites for hydroxylation is 1. The molecule has 1 aliphatic carbocycles. The topological polar surface area (TPSA) is 46.3 Å². The van der Waals surface area contributed by atoms with E-state index in [1.807, 2.05) is 18.0 Å². The molecule has 0 spiro atoms. The molecule has 20 heavy (non-hydrogen) atoms. The van der Waals surface area contributed by atoms with E-state index in [1.54, 1.807) is 0 Å². The first-order chi connectivity index (χ1) is 9.66. The quantitative estimate of drug-likeness (QED) is 0.897. The van der Waals surface area contributed by atoms with E-state index in [0.29, 0.717) is 0 Å². The average molecular weight is 274 g/mol. The summed E-state index contributed by atoms with van der Waals surface area (Å²) in [6.45, 7) is 0.833. The van der Waals surface area contributed by atoms with Crippen LogP contribution in [0.2, 0.25) is 0 Å². The molecule has 1 aromatic rings. The van der Waals surface area contributed by atoms with Crippen LogP contribution >= 0.6 is 0 Å². The molecular weight excluding hydrogens is 248 g/mol. The molecule has 0 saturated heterocycles. The third-order valence-electron chi connectivity index (χ3n) is 4.24. The molecule has 1 aromatic carbocycles. The van der Waals surface area contributed by atoms with Gasteiger partial charge in [-0.2, -0.15) is 0 Å². The summed E-state index contributed by atoms with van der Waals surface area (Å²) in [6, 6.07) is 10.7. The highest BCUT2D eigenvalue weighted by Crippen LogP contribution is 2.24. The van der Waals surface area contributed by atoms with Crippen LogP contribution in [0.25, 0.3) is 0 Å². The molecule has 1 aliphatic rings. The lowest BCUT2D eigenvalue weighted by Gasteiger charge is -2.29. The van der Waals surface area contributed by atoms with Gasteiger partial charge in [-0.3, -0.25) is 4.79 Å². The molecule has 1 fully saturated rings. The first-order valence-corrected chi connectivity index (χ1v) is 7.71. The Kier molecular flexibility index (Phi) is 5.60. The molecule has 0 heterocycles. The highest BCUT2D eigenvalue weighted by molar-refractivity contribution is 5.78. The predicted octanol–water partition coefficient (Wildman–Crippen LogP) is 2.60. The Morgan fingerprint density at radius 2 is 2.05 bits per heavy atom. The van der Waals surface area contributed by atoms with Gasteiger partial charge < -0.3 is 10.6 Å². The van der Waals surface area contributed by atoms with E-state index in [1.165, 1.54) is 5.56 Å². The molecule has 3 heteroatoms. The maximum absolute atomic E-state index is 12.4. The van der Waals surface area contributed by atoms with Crippen molar-refractivity contribution in [2.45, 2.75) is 44.6 Å². The second kappa shape index (κ2) is 7.44. The highest BCUT2D eigenvalue weighted by atomic mass is 16.2. The fraction of sp³-hybridized carbons (Fsp3) is 0.588. The number of carbonyl (C=O) groups is 1. The minimum Gasteiger partial charge on any atom is -0.346 e. The van der Waals surface area contributed by atoms with Crippen LogP contribution in [-0.2, 0) is 11.2 Å². The van der Waals surface area contributed by atoms with Gasteiger partial charge in [-0.15, -0.1) is 0 Å². The Labute approximate surface area is 122 Å². The first kappa shape index (κ1) is 15.0. The third-order valence-corrected chi connectivity index (χ3v) is 4.24. The number of hydrogen-bond acceptors (Lipinski definition) is 2. The minimum atomic E-state index is 0.153. The standard InChI is InChI=1S/C17H26N2O/c1-19(12-6-9-14-7-3-2-4-8-14)17(20)15-10-5-11-16(18)13-15/h2-4,7-8,15-16H,5-6,9-13,18H2,1H3. The number of amides is 1. The van der Waals surface area contributed by atoms with E-state index in [4.69, 9.17) is 5.73 Å². The van der Waals surface area contributed by atoms with Gasteiger partial charge in [0.05, 0.1) is 0 Å². The Balaban J connectivity index is 1.73. The van der Waals surface area contributed by atoms with Gasteiger partial charge in [0, 0.05) is 25.6 Å². The summed E-state index contributed by atoms with van der Waals surface area (Å²) in [5.74, 6) is 0.439. The van der Waals surface area contributed by atoms with Crippen LogP contribution in [0.5, 0.6) is 0 Å². The van der Waals surface area contributed by atoms with Gasteiger partial charge in [-0.25, -0.2) is 0 Å². The van der Waals surface area contributed by atoms with E-state index >= 15 is 0 Å². The number of hydrogen-bond donors (Lipinski definition) is 1. The van der Waals surface area contributed by atoms with Crippen molar-refractivity contribution in [3.05, 3.63) is 35.9 Å². The van der Waals surface area contributed by atoms with Gasteiger partial charge in [0.2, 0.25) is 5.91 Å². The maximum Gasteiger partial charge on any atom is 0.225 e. The lowest BCUT2D eigenvalue weighted by molar-refractivity contribution is -0.135. The largest absolute Gasteiger partial charge is 0.346 e. The van der Waals surface area contributed by atoms with Gasteiger partial charge >= 0.3 is 0 Å². The Hall–Kier alpha value is -1.35. The molecule has 0 bridgehead atoms. The summed E-state index contributed by atoms with van der Waals surface area (Å²) in [6.07, 6.45) is 6.09. The van der Waals surface area contributed by atoms with Crippen molar-refractivity contribution in [3.8, 4) is 0 Å². The Bertz CT molecular complexity index is 418. The molecule has 110 valence electrons. The van der Waals surface area contributed by atoms with Crippen LogP contribution in [-0.4, -0.2) is 30.4 Å². The smallest absolute Gasteiger partial charge is 0.225 e. The van der Waals surface area contributed by atoms with Crippen molar-refractivity contribution in [1.82, 2.24) is 4.90 Å². The second-order valence-corrected chi connectivity index (χ2v) is 5.97. The molecule has 1 amide bonds. The van der Waals surface area contributed by atoms with Crippen molar-refractivity contribution in [3.63, 3.8) is 0 Å². The SMILES string of the molecule is CN(CCCc1ccccc1)C(=O)C1CCCC(N)C1. The van der Waals surface area contributed by atoms with Crippen LogP contribution in [0.4, 0.5) is 0 Å². The zero-order valence-corrected chi connectivity index (χ0v) is 12.4. The number of carbonyl (C=O) groups excluding carboxylic acids is 1. The molecule has 0 aliphatic heterocycles. The van der Waals surface area contributed by atoms with E-state index in [0.717, 1.165) is 45.1 Å². The number of benzene rings is 1. The van der Waals surface area contributed by atoms with Gasteiger partial charge in [0.1, 0.15) is 0 Å². The third kappa shape index (κ3) is 4.34. The van der Waals surface area contributed by atoms with Crippen LogP contribution in [0.1, 0.15) is 37.7 Å². The molecule has 2 rings (SSSR count). The van der Waals surface area contributed by atoms with Crippen molar-refractivity contribution >= 4 is 5.91 Å². The highest BCUT2D eigenvalue weighted by Gasteiger charge is 2.27. The van der Waals surface area contributed by atoms with Gasteiger partial charge in [0.25, 0.3) is 0 Å². The van der Waals surface area contributed by atoms with Crippen LogP contribution in [0.15, 0.2) is 30.3 Å². The summed E-state index contributed by atoms with van der Waals surface area (Å²) in [5.41, 5.74) is 7.31. The van der Waals surface area contributed by atoms with Gasteiger partial charge in [0.15, 0.2) is 0 Å². The summed E-state index contributed by atoms with van der Waals surface area (Å²) >= 11 is 0. The molecule has 2 atom stereocenters. The van der Waals surface area contributed by atoms with Crippen LogP contribution in [0, 0.1) is 5.92 Å². The fourth-order valence-electron chi connectivity index (χ4n) is 3.04. The van der Waals surface area contributed by atoms with E-state index in [-0.39, 0.29) is 17.9 Å². The van der Waals surface area contributed by atoms with Crippen molar-refractivity contribution in [2.75, 3.05) is 13.6 Å². The van der Waals surface area contributed by atoms with Crippen molar-refractivity contribution in [2.24, 2.45) is 11.7 Å². The average Bonchev–Trinajstić information content (AvgIpc) is 2.47. The maximum atomic E-state index is 12.4. The zero-order valence-electron chi connectivity index (χ0n) is 12.4. The van der Waals surface area contributed by atoms with Crippen molar-refractivity contribution in [1.29, 1.82) is 0 Å². The second-order valence-electron chi connectivity index (χ2n) is 5.97. The summed E-state index contributed by atoms with van der Waals surface area (Å²) in [5, 5.41) is 0. The predicted molar refractivity (Wildman–Crippen MR) is 82.3 cm³/mol. The zero-order chi connectivity index (χ0) is 14.4. The molecule has 2 N–H and O–H groups in total. The normalized spacial score (nSPS) is 22.5. The Morgan fingerprint density at radius 1 is 1.30 bits per heavy atom. The molecule has 3 nitrogen and oxygen atoms in total. The minimum absolute atomic E-state index is 0.153. The van der Waals surface area contributed by atoms with Gasteiger partial charge in [-0.05, 0) is 37.7 Å². The van der Waals surface area contributed by atoms with E-state index < -0.39 is 0 Å². The number of nitrogens with zero attached hydrogens (tertiary/aromatic N) is 1. The molecule has 0 radical (unpaired) electrons. The lowest BCUT2D eigenvalue weighted by atomic mass is 9.85. The fourth-order valence-corrected chi connectivity index (χ4v) is 3.04. The van der Waals surface area contributed by atoms with Crippen molar-refractivity contribution < 1.29 is 4.79 Å². The first-order valence-electron chi connectivity index (χ1n) is 7.71. The number of rotatable bonds is 5. The lowest BCUT2D eigenvalue weighted by Crippen LogP contribution is -2.39. The summed E-state index contributed by atoms with van der Waals surface area (Å²) in [7, 11) is 1.92. The van der Waals surface area contributed by atoms with Gasteiger partial charge in [-0.1, -0.05) is 36.8 Å². The molecular formula is C17H26N2O. The Morgan fingerprint density at radius 3 is 2.75 bits per heavy atom. The van der Waals surface area contributed by atoms with E-state index in [9.17, 15) is 4.79 Å². The number of nitrogens with two attached hydrogens (primary N) is 1. The van der Waals surface area contributed by atoms with Crippen LogP contribution in [0.3, 0.4) is 0 Å². The molecule has 1 saturated carbocycles. The summed E-state index contributed by atoms with van der Waals surface area (Å²) < 4.78 is 0. The molecule has 2 unspecified atom stereocenters. The van der Waals surface area contributed by atoms with E-state index in [2.05, 4.69) is 24.3 Å².